The number of nitrogens with two attached hydrogens (primary N) is 1. The lowest BCUT2D eigenvalue weighted by molar-refractivity contribution is 0.199. The molecule has 1 aliphatic rings. The molecule has 1 aromatic rings. The second-order valence-corrected chi connectivity index (χ2v) is 8.50. The Morgan fingerprint density at radius 1 is 1.29 bits per heavy atom. The number of hydrogen-bond donors (Lipinski definition) is 1. The quantitative estimate of drug-likeness (QED) is 0.860. The van der Waals surface area contributed by atoms with Crippen molar-refractivity contribution in [3.8, 4) is 0 Å². The van der Waals surface area contributed by atoms with E-state index in [0.29, 0.717) is 5.41 Å². The molecule has 0 bridgehead atoms. The highest BCUT2D eigenvalue weighted by atomic mass is 79.9. The van der Waals surface area contributed by atoms with E-state index in [1.165, 1.54) is 24.1 Å². The molecule has 0 amide bonds. The third-order valence-corrected chi connectivity index (χ3v) is 5.14. The minimum atomic E-state index is 0.206. The van der Waals surface area contributed by atoms with Crippen molar-refractivity contribution in [2.45, 2.75) is 53.0 Å². The van der Waals surface area contributed by atoms with Crippen molar-refractivity contribution in [1.29, 1.82) is 0 Å². The van der Waals surface area contributed by atoms with E-state index in [4.69, 9.17) is 5.73 Å². The van der Waals surface area contributed by atoms with Crippen LogP contribution in [-0.4, -0.2) is 19.1 Å². The Kier molecular flexibility index (Phi) is 5.37. The van der Waals surface area contributed by atoms with Gasteiger partial charge in [-0.25, -0.2) is 0 Å². The average Bonchev–Trinajstić information content (AvgIpc) is 2.39. The topological polar surface area (TPSA) is 29.3 Å². The molecule has 2 N–H and O–H groups in total. The first-order chi connectivity index (χ1) is 9.77. The SMILES string of the molecule is CC(N)Cc1ccc(Br)cc1N1CCC(C(C)(C)C)CC1. The fraction of sp³-hybridized carbons (Fsp3) is 0.667. The second kappa shape index (κ2) is 6.70. The Labute approximate surface area is 138 Å². The van der Waals surface area contributed by atoms with Crippen molar-refractivity contribution >= 4 is 21.6 Å². The summed E-state index contributed by atoms with van der Waals surface area (Å²) in [5.41, 5.74) is 9.19. The molecule has 1 unspecified atom stereocenters. The molecule has 1 aliphatic heterocycles. The van der Waals surface area contributed by atoms with Gasteiger partial charge in [0.1, 0.15) is 0 Å². The zero-order valence-corrected chi connectivity index (χ0v) is 15.4. The van der Waals surface area contributed by atoms with Gasteiger partial charge < -0.3 is 10.6 Å². The predicted molar refractivity (Wildman–Crippen MR) is 95.9 cm³/mol. The number of hydrogen-bond acceptors (Lipinski definition) is 2. The van der Waals surface area contributed by atoms with Crippen molar-refractivity contribution in [2.24, 2.45) is 17.1 Å². The van der Waals surface area contributed by atoms with Crippen LogP contribution >= 0.6 is 15.9 Å². The molecule has 1 aromatic carbocycles. The van der Waals surface area contributed by atoms with Crippen LogP contribution in [0, 0.1) is 11.3 Å². The van der Waals surface area contributed by atoms with Crippen LogP contribution in [0.15, 0.2) is 22.7 Å². The molecule has 2 rings (SSSR count). The third-order valence-electron chi connectivity index (χ3n) is 4.65. The molecule has 118 valence electrons. The zero-order valence-electron chi connectivity index (χ0n) is 13.8. The van der Waals surface area contributed by atoms with Crippen molar-refractivity contribution in [3.63, 3.8) is 0 Å². The van der Waals surface area contributed by atoms with E-state index in [0.717, 1.165) is 29.9 Å². The first-order valence-electron chi connectivity index (χ1n) is 8.06. The van der Waals surface area contributed by atoms with E-state index in [2.05, 4.69) is 66.7 Å². The van der Waals surface area contributed by atoms with Gasteiger partial charge in [0, 0.05) is 29.3 Å². The number of halogens is 1. The summed E-state index contributed by atoms with van der Waals surface area (Å²) in [6.07, 6.45) is 3.52. The van der Waals surface area contributed by atoms with Crippen LogP contribution in [0.2, 0.25) is 0 Å². The number of anilines is 1. The molecular weight excluding hydrogens is 324 g/mol. The molecule has 0 saturated carbocycles. The summed E-state index contributed by atoms with van der Waals surface area (Å²) in [6, 6.07) is 6.81. The molecule has 21 heavy (non-hydrogen) atoms. The smallest absolute Gasteiger partial charge is 0.0410 e. The Balaban J connectivity index is 2.14. The van der Waals surface area contributed by atoms with Crippen LogP contribution in [0.5, 0.6) is 0 Å². The first-order valence-corrected chi connectivity index (χ1v) is 8.85. The lowest BCUT2D eigenvalue weighted by atomic mass is 9.75. The number of rotatable bonds is 3. The maximum atomic E-state index is 6.01. The summed E-state index contributed by atoms with van der Waals surface area (Å²) < 4.78 is 1.16. The second-order valence-electron chi connectivity index (χ2n) is 7.58. The van der Waals surface area contributed by atoms with Gasteiger partial charge in [0.15, 0.2) is 0 Å². The molecule has 1 saturated heterocycles. The normalized spacial score (nSPS) is 18.9. The van der Waals surface area contributed by atoms with Gasteiger partial charge in [0.2, 0.25) is 0 Å². The van der Waals surface area contributed by atoms with Crippen molar-refractivity contribution < 1.29 is 0 Å². The van der Waals surface area contributed by atoms with Gasteiger partial charge in [-0.1, -0.05) is 42.8 Å². The maximum Gasteiger partial charge on any atom is 0.0410 e. The van der Waals surface area contributed by atoms with E-state index in [1.807, 2.05) is 0 Å². The van der Waals surface area contributed by atoms with Gasteiger partial charge in [0.05, 0.1) is 0 Å². The highest BCUT2D eigenvalue weighted by molar-refractivity contribution is 9.10. The van der Waals surface area contributed by atoms with Crippen LogP contribution in [0.4, 0.5) is 5.69 Å². The van der Waals surface area contributed by atoms with Crippen molar-refractivity contribution in [3.05, 3.63) is 28.2 Å². The molecule has 3 heteroatoms. The zero-order chi connectivity index (χ0) is 15.6. The highest BCUT2D eigenvalue weighted by Gasteiger charge is 2.29. The molecule has 1 fully saturated rings. The Morgan fingerprint density at radius 2 is 1.90 bits per heavy atom. The number of benzene rings is 1. The van der Waals surface area contributed by atoms with Gasteiger partial charge in [-0.3, -0.25) is 0 Å². The fourth-order valence-electron chi connectivity index (χ4n) is 3.34. The standard InChI is InChI=1S/C18H29BrN2/c1-13(20)11-14-5-6-16(19)12-17(14)21-9-7-15(8-10-21)18(2,3)4/h5-6,12-13,15H,7-11,20H2,1-4H3. The molecule has 0 radical (unpaired) electrons. The average molecular weight is 353 g/mol. The molecule has 2 nitrogen and oxygen atoms in total. The molecule has 0 aliphatic carbocycles. The summed E-state index contributed by atoms with van der Waals surface area (Å²) >= 11 is 3.61. The van der Waals surface area contributed by atoms with Gasteiger partial charge in [-0.2, -0.15) is 0 Å². The Morgan fingerprint density at radius 3 is 2.43 bits per heavy atom. The molecule has 1 heterocycles. The van der Waals surface area contributed by atoms with Crippen LogP contribution in [0.25, 0.3) is 0 Å². The van der Waals surface area contributed by atoms with Crippen LogP contribution < -0.4 is 10.6 Å². The number of piperidine rings is 1. The summed E-state index contributed by atoms with van der Waals surface area (Å²) in [7, 11) is 0. The molecular formula is C18H29BrN2. The Hall–Kier alpha value is -0.540. The van der Waals surface area contributed by atoms with Crippen LogP contribution in [-0.2, 0) is 6.42 Å². The van der Waals surface area contributed by atoms with Crippen LogP contribution in [0.1, 0.15) is 46.1 Å². The summed E-state index contributed by atoms with van der Waals surface area (Å²) in [5, 5.41) is 0. The predicted octanol–water partition coefficient (Wildman–Crippen LogP) is 4.60. The first kappa shape index (κ1) is 16.8. The molecule has 0 aromatic heterocycles. The summed E-state index contributed by atoms with van der Waals surface area (Å²) in [4.78, 5) is 2.55. The van der Waals surface area contributed by atoms with Crippen molar-refractivity contribution in [2.75, 3.05) is 18.0 Å². The largest absolute Gasteiger partial charge is 0.371 e. The van der Waals surface area contributed by atoms with Gasteiger partial charge in [-0.15, -0.1) is 0 Å². The lowest BCUT2D eigenvalue weighted by Gasteiger charge is -2.40. The van der Waals surface area contributed by atoms with E-state index < -0.39 is 0 Å². The highest BCUT2D eigenvalue weighted by Crippen LogP contribution is 2.37. The van der Waals surface area contributed by atoms with Gasteiger partial charge in [0.25, 0.3) is 0 Å². The van der Waals surface area contributed by atoms with Gasteiger partial charge in [-0.05, 0) is 55.2 Å². The monoisotopic (exact) mass is 352 g/mol. The van der Waals surface area contributed by atoms with E-state index in [9.17, 15) is 0 Å². The van der Waals surface area contributed by atoms with E-state index in [1.54, 1.807) is 0 Å². The molecule has 0 spiro atoms. The maximum absolute atomic E-state index is 6.01. The Bertz CT molecular complexity index is 469. The summed E-state index contributed by atoms with van der Waals surface area (Å²) in [6.45, 7) is 11.5. The number of nitrogens with zero attached hydrogens (tertiary/aromatic N) is 1. The third kappa shape index (κ3) is 4.46. The lowest BCUT2D eigenvalue weighted by Crippen LogP contribution is -2.38. The van der Waals surface area contributed by atoms with Gasteiger partial charge >= 0.3 is 0 Å². The van der Waals surface area contributed by atoms with E-state index >= 15 is 0 Å². The minimum absolute atomic E-state index is 0.206. The van der Waals surface area contributed by atoms with Crippen LogP contribution in [0.3, 0.4) is 0 Å². The summed E-state index contributed by atoms with van der Waals surface area (Å²) in [5.74, 6) is 0.831. The minimum Gasteiger partial charge on any atom is -0.371 e. The van der Waals surface area contributed by atoms with Crippen molar-refractivity contribution in [1.82, 2.24) is 0 Å². The molecule has 1 atom stereocenters. The van der Waals surface area contributed by atoms with E-state index in [-0.39, 0.29) is 6.04 Å². The fourth-order valence-corrected chi connectivity index (χ4v) is 3.69.